The molecule has 0 aromatic carbocycles. The largest absolute Gasteiger partial charge is 0.478 e. The Bertz CT molecular complexity index is 218. The van der Waals surface area contributed by atoms with E-state index in [0.29, 0.717) is 12.2 Å². The molecule has 1 aliphatic rings. The summed E-state index contributed by atoms with van der Waals surface area (Å²) >= 11 is 0. The van der Waals surface area contributed by atoms with Crippen molar-refractivity contribution in [2.24, 2.45) is 10.7 Å². The van der Waals surface area contributed by atoms with Crippen LogP contribution in [0.5, 0.6) is 0 Å². The molecule has 0 aliphatic carbocycles. The molecule has 1 aliphatic heterocycles. The Labute approximate surface area is 58.4 Å². The van der Waals surface area contributed by atoms with Crippen LogP contribution in [0.15, 0.2) is 16.9 Å². The van der Waals surface area contributed by atoms with E-state index in [9.17, 15) is 4.79 Å². The van der Waals surface area contributed by atoms with Crippen LogP contribution in [0.3, 0.4) is 0 Å². The van der Waals surface area contributed by atoms with Crippen LogP contribution < -0.4 is 5.73 Å². The summed E-state index contributed by atoms with van der Waals surface area (Å²) in [5.41, 5.74) is 5.30. The average molecular weight is 140 g/mol. The number of carbonyl (C=O) groups is 1. The molecule has 0 fully saturated rings. The summed E-state index contributed by atoms with van der Waals surface area (Å²) in [5, 5.41) is 0. The third kappa shape index (κ3) is 1.15. The molecule has 2 N–H and O–H groups in total. The van der Waals surface area contributed by atoms with Crippen molar-refractivity contribution in [3.05, 3.63) is 11.9 Å². The number of Topliss-reactive ketones (excluding diaryl/α,β-unsaturated/α-hetero) is 1. The monoisotopic (exact) mass is 140 g/mol. The fourth-order valence-electron chi connectivity index (χ4n) is 0.669. The zero-order valence-electron chi connectivity index (χ0n) is 5.63. The first-order valence-corrected chi connectivity index (χ1v) is 2.85. The van der Waals surface area contributed by atoms with Gasteiger partial charge in [0.25, 0.3) is 5.90 Å². The molecule has 1 rings (SSSR count). The van der Waals surface area contributed by atoms with Gasteiger partial charge in [0.2, 0.25) is 5.78 Å². The van der Waals surface area contributed by atoms with Gasteiger partial charge in [0.05, 0.1) is 7.11 Å². The molecule has 0 bridgehead atoms. The SMILES string of the molecule is COC1=NC(N)=CCC1=O. The van der Waals surface area contributed by atoms with E-state index in [0.717, 1.165) is 0 Å². The second-order valence-electron chi connectivity index (χ2n) is 1.88. The number of nitrogens with two attached hydrogens (primary N) is 1. The average Bonchev–Trinajstić information content (AvgIpc) is 1.94. The first kappa shape index (κ1) is 6.80. The lowest BCUT2D eigenvalue weighted by Gasteiger charge is -2.06. The van der Waals surface area contributed by atoms with Crippen LogP contribution in [-0.2, 0) is 9.53 Å². The third-order valence-corrected chi connectivity index (χ3v) is 1.16. The minimum atomic E-state index is -0.128. The molecule has 0 spiro atoms. The molecule has 0 unspecified atom stereocenters. The molecule has 4 nitrogen and oxygen atoms in total. The number of hydrogen-bond acceptors (Lipinski definition) is 4. The highest BCUT2D eigenvalue weighted by Gasteiger charge is 2.14. The van der Waals surface area contributed by atoms with Gasteiger partial charge >= 0.3 is 0 Å². The predicted molar refractivity (Wildman–Crippen MR) is 36.3 cm³/mol. The highest BCUT2D eigenvalue weighted by molar-refractivity contribution is 6.37. The number of allylic oxidation sites excluding steroid dienone is 1. The number of hydrogen-bond donors (Lipinski definition) is 1. The summed E-state index contributed by atoms with van der Waals surface area (Å²) in [4.78, 5) is 14.5. The van der Waals surface area contributed by atoms with Crippen molar-refractivity contribution in [1.29, 1.82) is 0 Å². The molecular weight excluding hydrogens is 132 g/mol. The molecule has 54 valence electrons. The van der Waals surface area contributed by atoms with E-state index in [-0.39, 0.29) is 11.7 Å². The maximum Gasteiger partial charge on any atom is 0.259 e. The fraction of sp³-hybridized carbons (Fsp3) is 0.333. The van der Waals surface area contributed by atoms with Gasteiger partial charge in [-0.05, 0) is 6.08 Å². The van der Waals surface area contributed by atoms with Gasteiger partial charge in [0, 0.05) is 6.42 Å². The van der Waals surface area contributed by atoms with Crippen LogP contribution in [0.4, 0.5) is 0 Å². The van der Waals surface area contributed by atoms with E-state index in [1.165, 1.54) is 7.11 Å². The molecule has 0 aromatic heterocycles. The topological polar surface area (TPSA) is 64.7 Å². The maximum absolute atomic E-state index is 10.8. The number of nitrogens with zero attached hydrogens (tertiary/aromatic N) is 1. The summed E-state index contributed by atoms with van der Waals surface area (Å²) in [6.07, 6.45) is 1.85. The van der Waals surface area contributed by atoms with Crippen LogP contribution >= 0.6 is 0 Å². The molecule has 10 heavy (non-hydrogen) atoms. The number of methoxy groups -OCH3 is 1. The minimum Gasteiger partial charge on any atom is -0.478 e. The van der Waals surface area contributed by atoms with Crippen molar-refractivity contribution >= 4 is 11.7 Å². The molecule has 1 heterocycles. The second-order valence-corrected chi connectivity index (χ2v) is 1.88. The summed E-state index contributed by atoms with van der Waals surface area (Å²) in [6, 6.07) is 0. The number of rotatable bonds is 0. The summed E-state index contributed by atoms with van der Waals surface area (Å²) in [5.74, 6) is 0.313. The molecular formula is C6H8N2O2. The Morgan fingerprint density at radius 2 is 2.50 bits per heavy atom. The molecule has 0 radical (unpaired) electrons. The number of aliphatic imine (C=N–C) groups is 1. The van der Waals surface area contributed by atoms with Gasteiger partial charge in [0.15, 0.2) is 0 Å². The van der Waals surface area contributed by atoms with Crippen molar-refractivity contribution in [3.8, 4) is 0 Å². The zero-order valence-corrected chi connectivity index (χ0v) is 5.63. The smallest absolute Gasteiger partial charge is 0.259 e. The van der Waals surface area contributed by atoms with Crippen molar-refractivity contribution in [1.82, 2.24) is 0 Å². The van der Waals surface area contributed by atoms with Crippen LogP contribution in [0.2, 0.25) is 0 Å². The molecule has 0 atom stereocenters. The van der Waals surface area contributed by atoms with Gasteiger partial charge < -0.3 is 10.5 Å². The van der Waals surface area contributed by atoms with E-state index in [1.54, 1.807) is 6.08 Å². The van der Waals surface area contributed by atoms with Crippen LogP contribution in [-0.4, -0.2) is 18.8 Å². The summed E-state index contributed by atoms with van der Waals surface area (Å²) in [7, 11) is 1.40. The van der Waals surface area contributed by atoms with Gasteiger partial charge in [-0.2, -0.15) is 4.99 Å². The van der Waals surface area contributed by atoms with Gasteiger partial charge in [-0.15, -0.1) is 0 Å². The molecule has 0 saturated heterocycles. The maximum atomic E-state index is 10.8. The lowest BCUT2D eigenvalue weighted by Crippen LogP contribution is -2.20. The number of carbonyl (C=O) groups excluding carboxylic acids is 1. The molecule has 0 amide bonds. The predicted octanol–water partition coefficient (Wildman–Crippen LogP) is -0.196. The normalized spacial score (nSPS) is 17.9. The van der Waals surface area contributed by atoms with Crippen molar-refractivity contribution in [2.75, 3.05) is 7.11 Å². The lowest BCUT2D eigenvalue weighted by molar-refractivity contribution is -0.113. The first-order chi connectivity index (χ1) is 4.74. The zero-order chi connectivity index (χ0) is 7.56. The number of ketones is 1. The van der Waals surface area contributed by atoms with E-state index < -0.39 is 0 Å². The van der Waals surface area contributed by atoms with Crippen LogP contribution in [0, 0.1) is 0 Å². The Hall–Kier alpha value is -1.32. The van der Waals surface area contributed by atoms with Crippen LogP contribution in [0.1, 0.15) is 6.42 Å². The number of ether oxygens (including phenoxy) is 1. The lowest BCUT2D eigenvalue weighted by atomic mass is 10.2. The summed E-state index contributed by atoms with van der Waals surface area (Å²) < 4.78 is 4.65. The van der Waals surface area contributed by atoms with Crippen molar-refractivity contribution in [3.63, 3.8) is 0 Å². The van der Waals surface area contributed by atoms with E-state index in [2.05, 4.69) is 9.73 Å². The molecule has 4 heteroatoms. The standard InChI is InChI=1S/C6H8N2O2/c1-10-6-4(9)2-3-5(7)8-6/h3H,2,7H2,1H3. The van der Waals surface area contributed by atoms with Crippen LogP contribution in [0.25, 0.3) is 0 Å². The Morgan fingerprint density at radius 3 is 3.00 bits per heavy atom. The van der Waals surface area contributed by atoms with Gasteiger partial charge in [-0.3, -0.25) is 4.79 Å². The van der Waals surface area contributed by atoms with E-state index in [1.807, 2.05) is 0 Å². The molecule has 0 saturated carbocycles. The minimum absolute atomic E-state index is 0.0972. The quantitative estimate of drug-likeness (QED) is 0.507. The second kappa shape index (κ2) is 2.51. The fourth-order valence-corrected chi connectivity index (χ4v) is 0.669. The van der Waals surface area contributed by atoms with Gasteiger partial charge in [-0.25, -0.2) is 0 Å². The van der Waals surface area contributed by atoms with E-state index >= 15 is 0 Å². The van der Waals surface area contributed by atoms with Crippen molar-refractivity contribution < 1.29 is 9.53 Å². The third-order valence-electron chi connectivity index (χ3n) is 1.16. The van der Waals surface area contributed by atoms with Gasteiger partial charge in [-0.1, -0.05) is 0 Å². The van der Waals surface area contributed by atoms with Gasteiger partial charge in [0.1, 0.15) is 5.82 Å². The summed E-state index contributed by atoms with van der Waals surface area (Å²) in [6.45, 7) is 0. The molecule has 0 aromatic rings. The highest BCUT2D eigenvalue weighted by atomic mass is 16.5. The first-order valence-electron chi connectivity index (χ1n) is 2.85. The Balaban J connectivity index is 2.83. The van der Waals surface area contributed by atoms with E-state index in [4.69, 9.17) is 5.73 Å². The Morgan fingerprint density at radius 1 is 1.80 bits per heavy atom. The highest BCUT2D eigenvalue weighted by Crippen LogP contribution is 2.02. The van der Waals surface area contributed by atoms with Crippen molar-refractivity contribution in [2.45, 2.75) is 6.42 Å². The Kier molecular flexibility index (Phi) is 1.71.